The van der Waals surface area contributed by atoms with E-state index in [4.69, 9.17) is 27.0 Å². The van der Waals surface area contributed by atoms with E-state index in [0.29, 0.717) is 13.2 Å². The summed E-state index contributed by atoms with van der Waals surface area (Å²) < 4.78 is 28.3. The first kappa shape index (κ1) is 18.2. The van der Waals surface area contributed by atoms with Gasteiger partial charge in [-0.2, -0.15) is 0 Å². The highest BCUT2D eigenvalue weighted by Gasteiger charge is 2.20. The van der Waals surface area contributed by atoms with Gasteiger partial charge in [0.15, 0.2) is 0 Å². The molecule has 1 N–H and O–H groups in total. The molecule has 0 bridgehead atoms. The molecule has 0 spiro atoms. The van der Waals surface area contributed by atoms with Crippen molar-refractivity contribution in [3.63, 3.8) is 0 Å². The second-order valence-electron chi connectivity index (χ2n) is 4.49. The predicted octanol–water partition coefficient (Wildman–Crippen LogP) is 2.73. The van der Waals surface area contributed by atoms with Gasteiger partial charge in [0.25, 0.3) is 15.0 Å². The van der Waals surface area contributed by atoms with Crippen LogP contribution < -0.4 is 5.32 Å². The number of hydrogen-bond acceptors (Lipinski definition) is 4. The number of halogens is 2. The number of rotatable bonds is 6. The molecule has 0 saturated heterocycles. The molecule has 0 aliphatic heterocycles. The summed E-state index contributed by atoms with van der Waals surface area (Å²) in [6, 6.07) is 2.63. The van der Waals surface area contributed by atoms with E-state index in [0.717, 1.165) is 0 Å². The van der Waals surface area contributed by atoms with Crippen LogP contribution in [0.25, 0.3) is 0 Å². The fourth-order valence-corrected chi connectivity index (χ4v) is 3.33. The number of carbonyl (C=O) groups is 1. The molecule has 1 rings (SSSR count). The van der Waals surface area contributed by atoms with Gasteiger partial charge in [-0.05, 0) is 38.5 Å². The summed E-state index contributed by atoms with van der Waals surface area (Å²) in [5.41, 5.74) is 0.432. The molecular formula is C13H17Cl2NO4S. The van der Waals surface area contributed by atoms with Crippen LogP contribution in [-0.2, 0) is 13.8 Å². The van der Waals surface area contributed by atoms with Gasteiger partial charge in [0.05, 0.1) is 11.0 Å². The lowest BCUT2D eigenvalue weighted by Crippen LogP contribution is -2.32. The molecule has 8 heteroatoms. The van der Waals surface area contributed by atoms with Crippen molar-refractivity contribution in [1.29, 1.82) is 0 Å². The van der Waals surface area contributed by atoms with E-state index in [1.807, 2.05) is 13.8 Å². The molecular weight excluding hydrogens is 337 g/mol. The Hall–Kier alpha value is -0.820. The Kier molecular flexibility index (Phi) is 6.46. The van der Waals surface area contributed by atoms with Crippen molar-refractivity contribution in [3.8, 4) is 0 Å². The van der Waals surface area contributed by atoms with Gasteiger partial charge >= 0.3 is 0 Å². The Labute approximate surface area is 134 Å². The van der Waals surface area contributed by atoms with Crippen molar-refractivity contribution in [1.82, 2.24) is 5.32 Å². The fourth-order valence-electron chi connectivity index (χ4n) is 1.82. The van der Waals surface area contributed by atoms with Crippen molar-refractivity contribution < 1.29 is 17.9 Å². The molecule has 0 heterocycles. The fraction of sp³-hybridized carbons (Fsp3) is 0.462. The summed E-state index contributed by atoms with van der Waals surface area (Å²) >= 11 is 5.86. The molecule has 1 atom stereocenters. The van der Waals surface area contributed by atoms with E-state index in [9.17, 15) is 13.2 Å². The summed E-state index contributed by atoms with van der Waals surface area (Å²) in [6.45, 7) is 6.04. The van der Waals surface area contributed by atoms with Crippen molar-refractivity contribution in [2.45, 2.75) is 31.8 Å². The molecule has 0 radical (unpaired) electrons. The molecule has 0 aromatic heterocycles. The summed E-state index contributed by atoms with van der Waals surface area (Å²) in [5, 5.41) is 2.80. The second-order valence-corrected chi connectivity index (χ2v) is 7.46. The van der Waals surface area contributed by atoms with Gasteiger partial charge in [0.1, 0.15) is 0 Å². The number of carbonyl (C=O) groups excluding carboxylic acids is 1. The number of amides is 1. The molecule has 0 saturated carbocycles. The molecule has 5 nitrogen and oxygen atoms in total. The average molecular weight is 354 g/mol. The third-order valence-corrected chi connectivity index (χ3v) is 4.50. The molecule has 0 aliphatic carbocycles. The maximum atomic E-state index is 12.1. The Morgan fingerprint density at radius 1 is 1.43 bits per heavy atom. The van der Waals surface area contributed by atoms with E-state index >= 15 is 0 Å². The van der Waals surface area contributed by atoms with Crippen LogP contribution in [0.5, 0.6) is 0 Å². The molecule has 1 aromatic carbocycles. The Morgan fingerprint density at radius 3 is 2.57 bits per heavy atom. The van der Waals surface area contributed by atoms with Crippen LogP contribution in [0.3, 0.4) is 0 Å². The minimum atomic E-state index is -3.97. The molecule has 1 unspecified atom stereocenters. The number of hydrogen-bond donors (Lipinski definition) is 1. The van der Waals surface area contributed by atoms with Gasteiger partial charge in [-0.1, -0.05) is 11.6 Å². The van der Waals surface area contributed by atoms with Crippen molar-refractivity contribution in [3.05, 3.63) is 28.3 Å². The van der Waals surface area contributed by atoms with Crippen LogP contribution in [0.4, 0.5) is 0 Å². The summed E-state index contributed by atoms with van der Waals surface area (Å²) in [6.07, 6.45) is -0.144. The van der Waals surface area contributed by atoms with Gasteiger partial charge in [0, 0.05) is 34.4 Å². The van der Waals surface area contributed by atoms with Crippen LogP contribution in [0, 0.1) is 6.92 Å². The van der Waals surface area contributed by atoms with Crippen molar-refractivity contribution in [2.75, 3.05) is 13.2 Å². The largest absolute Gasteiger partial charge is 0.377 e. The predicted molar refractivity (Wildman–Crippen MR) is 82.6 cm³/mol. The SMILES string of the molecule is CCOC(C)CNC(=O)c1cc(Cl)cc(S(=O)(=O)Cl)c1C. The smallest absolute Gasteiger partial charge is 0.261 e. The van der Waals surface area contributed by atoms with Crippen LogP contribution >= 0.6 is 22.3 Å². The van der Waals surface area contributed by atoms with Crippen molar-refractivity contribution in [2.24, 2.45) is 0 Å². The molecule has 21 heavy (non-hydrogen) atoms. The zero-order valence-corrected chi connectivity index (χ0v) is 14.3. The summed E-state index contributed by atoms with van der Waals surface area (Å²) in [4.78, 5) is 12.0. The minimum Gasteiger partial charge on any atom is -0.377 e. The van der Waals surface area contributed by atoms with E-state index in [1.54, 1.807) is 0 Å². The van der Waals surface area contributed by atoms with Crippen LogP contribution in [0.15, 0.2) is 17.0 Å². The first-order chi connectivity index (χ1) is 9.66. The number of ether oxygens (including phenoxy) is 1. The number of nitrogens with one attached hydrogen (secondary N) is 1. The van der Waals surface area contributed by atoms with Gasteiger partial charge < -0.3 is 10.1 Å². The summed E-state index contributed by atoms with van der Waals surface area (Å²) in [5.74, 6) is -0.428. The molecule has 118 valence electrons. The first-order valence-electron chi connectivity index (χ1n) is 6.31. The van der Waals surface area contributed by atoms with Gasteiger partial charge in [-0.25, -0.2) is 8.42 Å². The maximum Gasteiger partial charge on any atom is 0.261 e. The Balaban J connectivity index is 3.03. The van der Waals surface area contributed by atoms with Gasteiger partial charge in [-0.3, -0.25) is 4.79 Å². The van der Waals surface area contributed by atoms with Crippen molar-refractivity contribution >= 4 is 37.2 Å². The summed E-state index contributed by atoms with van der Waals surface area (Å²) in [7, 11) is 1.37. The average Bonchev–Trinajstić information content (AvgIpc) is 2.37. The monoisotopic (exact) mass is 353 g/mol. The van der Waals surface area contributed by atoms with Crippen LogP contribution in [-0.4, -0.2) is 33.6 Å². The molecule has 0 aliphatic rings. The van der Waals surface area contributed by atoms with Crippen LogP contribution in [0.2, 0.25) is 5.02 Å². The highest BCUT2D eigenvalue weighted by atomic mass is 35.7. The Morgan fingerprint density at radius 2 is 2.05 bits per heavy atom. The molecule has 1 aromatic rings. The van der Waals surface area contributed by atoms with E-state index in [1.165, 1.54) is 19.1 Å². The maximum absolute atomic E-state index is 12.1. The highest BCUT2D eigenvalue weighted by Crippen LogP contribution is 2.26. The topological polar surface area (TPSA) is 72.5 Å². The standard InChI is InChI=1S/C13H17Cl2NO4S/c1-4-20-8(2)7-16-13(17)11-5-10(14)6-12(9(11)3)21(15,18)19/h5-6,8H,4,7H2,1-3H3,(H,16,17). The van der Waals surface area contributed by atoms with Gasteiger partial charge in [0.2, 0.25) is 0 Å². The van der Waals surface area contributed by atoms with E-state index in [2.05, 4.69) is 5.32 Å². The first-order valence-corrected chi connectivity index (χ1v) is 9.00. The molecule has 0 fully saturated rings. The zero-order valence-electron chi connectivity index (χ0n) is 11.9. The third-order valence-electron chi connectivity index (χ3n) is 2.83. The Bertz CT molecular complexity index is 631. The second kappa shape index (κ2) is 7.45. The normalized spacial score (nSPS) is 13.0. The van der Waals surface area contributed by atoms with E-state index in [-0.39, 0.29) is 27.1 Å². The number of benzene rings is 1. The van der Waals surface area contributed by atoms with Gasteiger partial charge in [-0.15, -0.1) is 0 Å². The quantitative estimate of drug-likeness (QED) is 0.798. The lowest BCUT2D eigenvalue weighted by Gasteiger charge is -2.14. The van der Waals surface area contributed by atoms with Crippen LogP contribution in [0.1, 0.15) is 29.8 Å². The lowest BCUT2D eigenvalue weighted by atomic mass is 10.1. The lowest BCUT2D eigenvalue weighted by molar-refractivity contribution is 0.0694. The molecule has 1 amide bonds. The minimum absolute atomic E-state index is 0.128. The zero-order chi connectivity index (χ0) is 16.2. The third kappa shape index (κ3) is 5.14. The van der Waals surface area contributed by atoms with E-state index < -0.39 is 15.0 Å². The highest BCUT2D eigenvalue weighted by molar-refractivity contribution is 8.13.